The number of thiazole rings is 1. The van der Waals surface area contributed by atoms with Crippen molar-refractivity contribution in [2.24, 2.45) is 0 Å². The third kappa shape index (κ3) is 4.54. The number of nitrogens with zero attached hydrogens (tertiary/aromatic N) is 5. The van der Waals surface area contributed by atoms with Crippen LogP contribution in [0, 0.1) is 13.8 Å². The first kappa shape index (κ1) is 22.4. The molecule has 32 heavy (non-hydrogen) atoms. The molecule has 4 heterocycles. The molecule has 0 fully saturated rings. The molecular formula is C21H21N5O3S3. The fourth-order valence-electron chi connectivity index (χ4n) is 3.32. The summed E-state index contributed by atoms with van der Waals surface area (Å²) in [7, 11) is 0. The SMILES string of the molecule is CCn1c(SCC(=O)OCC(=O)c2cc(C)n(-c3nccs3)c2C)nnc1-c1cccs1. The highest BCUT2D eigenvalue weighted by molar-refractivity contribution is 7.99. The lowest BCUT2D eigenvalue weighted by Crippen LogP contribution is -2.16. The smallest absolute Gasteiger partial charge is 0.316 e. The summed E-state index contributed by atoms with van der Waals surface area (Å²) >= 11 is 4.33. The molecule has 8 nitrogen and oxygen atoms in total. The summed E-state index contributed by atoms with van der Waals surface area (Å²) in [6, 6.07) is 5.75. The molecule has 0 saturated carbocycles. The number of thiophene rings is 1. The third-order valence-corrected chi connectivity index (χ3v) is 7.36. The fourth-order valence-corrected chi connectivity index (χ4v) is 5.59. The number of aryl methyl sites for hydroxylation is 1. The number of esters is 1. The first-order chi connectivity index (χ1) is 15.5. The van der Waals surface area contributed by atoms with Gasteiger partial charge in [0.25, 0.3) is 0 Å². The fraction of sp³-hybridized carbons (Fsp3) is 0.286. The second kappa shape index (κ2) is 9.80. The molecule has 0 bridgehead atoms. The summed E-state index contributed by atoms with van der Waals surface area (Å²) < 4.78 is 9.13. The summed E-state index contributed by atoms with van der Waals surface area (Å²) in [5, 5.41) is 13.8. The maximum atomic E-state index is 12.7. The molecule has 0 saturated heterocycles. The second-order valence-electron chi connectivity index (χ2n) is 6.84. The van der Waals surface area contributed by atoms with Gasteiger partial charge in [-0.2, -0.15) is 0 Å². The average molecular weight is 488 g/mol. The first-order valence-corrected chi connectivity index (χ1v) is 12.6. The Bertz CT molecular complexity index is 1230. The molecule has 0 aliphatic carbocycles. The molecule has 4 aromatic heterocycles. The van der Waals surface area contributed by atoms with E-state index in [1.807, 2.05) is 52.8 Å². The zero-order chi connectivity index (χ0) is 22.7. The molecule has 166 valence electrons. The van der Waals surface area contributed by atoms with E-state index in [-0.39, 0.29) is 18.1 Å². The molecule has 0 aromatic carbocycles. The molecule has 0 spiro atoms. The van der Waals surface area contributed by atoms with Crippen molar-refractivity contribution in [1.82, 2.24) is 24.3 Å². The molecule has 11 heteroatoms. The van der Waals surface area contributed by atoms with Gasteiger partial charge in [-0.25, -0.2) is 4.98 Å². The van der Waals surface area contributed by atoms with Crippen molar-refractivity contribution in [2.45, 2.75) is 32.5 Å². The number of thioether (sulfide) groups is 1. The molecular weight excluding hydrogens is 466 g/mol. The van der Waals surface area contributed by atoms with Gasteiger partial charge in [-0.15, -0.1) is 32.9 Å². The van der Waals surface area contributed by atoms with Gasteiger partial charge >= 0.3 is 5.97 Å². The molecule has 4 rings (SSSR count). The van der Waals surface area contributed by atoms with Crippen molar-refractivity contribution in [3.8, 4) is 15.8 Å². The van der Waals surface area contributed by atoms with Gasteiger partial charge in [0.2, 0.25) is 5.78 Å². The predicted octanol–water partition coefficient (Wildman–Crippen LogP) is 4.41. The number of hydrogen-bond donors (Lipinski definition) is 0. The zero-order valence-electron chi connectivity index (χ0n) is 17.8. The summed E-state index contributed by atoms with van der Waals surface area (Å²) in [6.45, 7) is 6.17. The molecule has 0 aliphatic heterocycles. The lowest BCUT2D eigenvalue weighted by Gasteiger charge is -2.07. The van der Waals surface area contributed by atoms with E-state index < -0.39 is 5.97 Å². The summed E-state index contributed by atoms with van der Waals surface area (Å²) in [4.78, 5) is 30.3. The van der Waals surface area contributed by atoms with Crippen molar-refractivity contribution in [3.63, 3.8) is 0 Å². The summed E-state index contributed by atoms with van der Waals surface area (Å²) in [5.41, 5.74) is 2.22. The number of carbonyl (C=O) groups is 2. The molecule has 0 unspecified atom stereocenters. The Balaban J connectivity index is 1.35. The lowest BCUT2D eigenvalue weighted by atomic mass is 10.1. The van der Waals surface area contributed by atoms with Crippen molar-refractivity contribution in [3.05, 3.63) is 52.1 Å². The minimum Gasteiger partial charge on any atom is -0.457 e. The topological polar surface area (TPSA) is 91.9 Å². The minimum atomic E-state index is -0.472. The number of ether oxygens (including phenoxy) is 1. The van der Waals surface area contributed by atoms with Crippen molar-refractivity contribution < 1.29 is 14.3 Å². The number of rotatable bonds is 9. The average Bonchev–Trinajstić information content (AvgIpc) is 3.57. The van der Waals surface area contributed by atoms with Gasteiger partial charge in [0.15, 0.2) is 22.7 Å². The third-order valence-electron chi connectivity index (χ3n) is 4.80. The van der Waals surface area contributed by atoms with Crippen LogP contribution in [0.1, 0.15) is 28.7 Å². The molecule has 0 atom stereocenters. The maximum Gasteiger partial charge on any atom is 0.316 e. The molecule has 0 radical (unpaired) electrons. The highest BCUT2D eigenvalue weighted by Gasteiger charge is 2.20. The molecule has 0 aliphatic rings. The lowest BCUT2D eigenvalue weighted by molar-refractivity contribution is -0.139. The van der Waals surface area contributed by atoms with E-state index in [1.165, 1.54) is 23.1 Å². The molecule has 4 aromatic rings. The van der Waals surface area contributed by atoms with Crippen LogP contribution in [0.15, 0.2) is 40.3 Å². The number of carbonyl (C=O) groups excluding carboxylic acids is 2. The largest absolute Gasteiger partial charge is 0.457 e. The van der Waals surface area contributed by atoms with Gasteiger partial charge in [0, 0.05) is 35.1 Å². The Morgan fingerprint density at radius 3 is 2.72 bits per heavy atom. The molecule has 0 amide bonds. The number of aromatic nitrogens is 5. The van der Waals surface area contributed by atoms with Crippen LogP contribution >= 0.6 is 34.4 Å². The maximum absolute atomic E-state index is 12.7. The Morgan fingerprint density at radius 1 is 1.19 bits per heavy atom. The Kier molecular flexibility index (Phi) is 6.87. The second-order valence-corrected chi connectivity index (χ2v) is 9.60. The predicted molar refractivity (Wildman–Crippen MR) is 126 cm³/mol. The Morgan fingerprint density at radius 2 is 2.03 bits per heavy atom. The van der Waals surface area contributed by atoms with Crippen LogP contribution in [-0.2, 0) is 16.1 Å². The van der Waals surface area contributed by atoms with E-state index in [0.29, 0.717) is 17.3 Å². The van der Waals surface area contributed by atoms with Crippen LogP contribution in [0.4, 0.5) is 0 Å². The highest BCUT2D eigenvalue weighted by atomic mass is 32.2. The Hall–Kier alpha value is -2.76. The standard InChI is InChI=1S/C21H21N5O3S3/c1-4-25-19(17-6-5-8-30-17)23-24-21(25)32-12-18(28)29-11-16(27)15-10-13(2)26(14(15)3)20-22-7-9-31-20/h5-10H,4,11-12H2,1-3H3. The van der Waals surface area contributed by atoms with Crippen molar-refractivity contribution in [2.75, 3.05) is 12.4 Å². The van der Waals surface area contributed by atoms with E-state index in [4.69, 9.17) is 4.74 Å². The normalized spacial score (nSPS) is 11.1. The van der Waals surface area contributed by atoms with Crippen molar-refractivity contribution in [1.29, 1.82) is 0 Å². The van der Waals surface area contributed by atoms with Gasteiger partial charge in [0.1, 0.15) is 0 Å². The monoisotopic (exact) mass is 487 g/mol. The van der Waals surface area contributed by atoms with E-state index in [2.05, 4.69) is 15.2 Å². The summed E-state index contributed by atoms with van der Waals surface area (Å²) in [5.74, 6) is 0.120. The summed E-state index contributed by atoms with van der Waals surface area (Å²) in [6.07, 6.45) is 1.72. The van der Waals surface area contributed by atoms with Gasteiger partial charge in [0.05, 0.1) is 10.6 Å². The minimum absolute atomic E-state index is 0.0496. The van der Waals surface area contributed by atoms with E-state index >= 15 is 0 Å². The van der Waals surface area contributed by atoms with E-state index in [1.54, 1.807) is 23.6 Å². The highest BCUT2D eigenvalue weighted by Crippen LogP contribution is 2.27. The van der Waals surface area contributed by atoms with E-state index in [0.717, 1.165) is 27.2 Å². The van der Waals surface area contributed by atoms with Crippen molar-refractivity contribution >= 4 is 46.2 Å². The number of hydrogen-bond acceptors (Lipinski definition) is 9. The van der Waals surface area contributed by atoms with Crippen LogP contribution in [0.5, 0.6) is 0 Å². The van der Waals surface area contributed by atoms with Gasteiger partial charge in [-0.3, -0.25) is 14.2 Å². The van der Waals surface area contributed by atoms with Gasteiger partial charge in [-0.1, -0.05) is 17.8 Å². The Labute approximate surface area is 197 Å². The van der Waals surface area contributed by atoms with Crippen LogP contribution in [0.2, 0.25) is 0 Å². The van der Waals surface area contributed by atoms with Crippen LogP contribution in [0.3, 0.4) is 0 Å². The molecule has 0 N–H and O–H groups in total. The number of ketones is 1. The van der Waals surface area contributed by atoms with Gasteiger partial charge in [-0.05, 0) is 38.3 Å². The van der Waals surface area contributed by atoms with Crippen LogP contribution in [0.25, 0.3) is 15.8 Å². The first-order valence-electron chi connectivity index (χ1n) is 9.87. The zero-order valence-corrected chi connectivity index (χ0v) is 20.2. The number of Topliss-reactive ketones (excluding diaryl/α,β-unsaturated/α-hetero) is 1. The van der Waals surface area contributed by atoms with E-state index in [9.17, 15) is 9.59 Å². The van der Waals surface area contributed by atoms with Gasteiger partial charge < -0.3 is 9.30 Å². The van der Waals surface area contributed by atoms with Crippen LogP contribution in [-0.4, -0.2) is 48.4 Å². The quantitative estimate of drug-likeness (QED) is 0.196. The van der Waals surface area contributed by atoms with Crippen LogP contribution < -0.4 is 0 Å².